The average molecular weight is 393 g/mol. The fraction of sp³-hybridized carbons (Fsp3) is 0.167. The predicted molar refractivity (Wildman–Crippen MR) is 98.1 cm³/mol. The molecule has 0 aliphatic carbocycles. The maximum absolute atomic E-state index is 13.3. The van der Waals surface area contributed by atoms with Gasteiger partial charge in [0.15, 0.2) is 15.0 Å². The third-order valence-electron chi connectivity index (χ3n) is 3.96. The Morgan fingerprint density at radius 1 is 1.15 bits per heavy atom. The van der Waals surface area contributed by atoms with Crippen LogP contribution in [0, 0.1) is 5.13 Å². The highest BCUT2D eigenvalue weighted by Crippen LogP contribution is 2.27. The van der Waals surface area contributed by atoms with E-state index in [0.717, 1.165) is 16.0 Å². The minimum atomic E-state index is -3.65. The summed E-state index contributed by atoms with van der Waals surface area (Å²) in [5.74, 6) is -0.696. The second kappa shape index (κ2) is 7.53. The monoisotopic (exact) mass is 393 g/mol. The van der Waals surface area contributed by atoms with Crippen molar-refractivity contribution in [2.24, 2.45) is 0 Å². The molecule has 0 radical (unpaired) electrons. The number of carbonyl (C=O) groups is 1. The van der Waals surface area contributed by atoms with E-state index in [1.165, 1.54) is 6.07 Å². The number of benzene rings is 2. The lowest BCUT2D eigenvalue weighted by molar-refractivity contribution is -0.158. The summed E-state index contributed by atoms with van der Waals surface area (Å²) in [7, 11) is -3.65. The van der Waals surface area contributed by atoms with Gasteiger partial charge in [-0.05, 0) is 34.7 Å². The molecule has 0 spiro atoms. The van der Waals surface area contributed by atoms with Crippen molar-refractivity contribution in [2.75, 3.05) is 5.75 Å². The second-order valence-electron chi connectivity index (χ2n) is 5.89. The minimum absolute atomic E-state index is 0.188. The maximum Gasteiger partial charge on any atom is 0.233 e. The SMILES string of the molecule is O=CN(O)[C@H](CS(=O)(=O)Cc1ccc2sc(F)cc2c1)c1ccccc1. The van der Waals surface area contributed by atoms with Crippen molar-refractivity contribution < 1.29 is 22.8 Å². The zero-order chi connectivity index (χ0) is 18.7. The minimum Gasteiger partial charge on any atom is -0.285 e. The summed E-state index contributed by atoms with van der Waals surface area (Å²) in [5.41, 5.74) is 1.04. The summed E-state index contributed by atoms with van der Waals surface area (Å²) in [6.07, 6.45) is 0.188. The van der Waals surface area contributed by atoms with Gasteiger partial charge in [-0.1, -0.05) is 36.4 Å². The van der Waals surface area contributed by atoms with Crippen LogP contribution in [0.2, 0.25) is 0 Å². The van der Waals surface area contributed by atoms with Crippen LogP contribution in [0.15, 0.2) is 54.6 Å². The van der Waals surface area contributed by atoms with Crippen molar-refractivity contribution in [1.82, 2.24) is 5.06 Å². The van der Waals surface area contributed by atoms with Gasteiger partial charge >= 0.3 is 0 Å². The van der Waals surface area contributed by atoms with Crippen LogP contribution < -0.4 is 0 Å². The molecular weight excluding hydrogens is 377 g/mol. The van der Waals surface area contributed by atoms with Gasteiger partial charge in [-0.15, -0.1) is 11.3 Å². The Hall–Kier alpha value is -2.29. The van der Waals surface area contributed by atoms with Crippen molar-refractivity contribution >= 4 is 37.7 Å². The van der Waals surface area contributed by atoms with Gasteiger partial charge in [-0.25, -0.2) is 13.5 Å². The first kappa shape index (κ1) is 18.5. The van der Waals surface area contributed by atoms with Crippen LogP contribution in [0.1, 0.15) is 17.2 Å². The topological polar surface area (TPSA) is 74.7 Å². The molecule has 0 fully saturated rings. The number of nitrogens with zero attached hydrogens (tertiary/aromatic N) is 1. The Labute approximate surface area is 154 Å². The Morgan fingerprint density at radius 3 is 2.58 bits per heavy atom. The molecule has 1 heterocycles. The molecule has 0 aliphatic rings. The molecule has 5 nitrogen and oxygen atoms in total. The van der Waals surface area contributed by atoms with E-state index < -0.39 is 21.6 Å². The predicted octanol–water partition coefficient (Wildman–Crippen LogP) is 3.54. The van der Waals surface area contributed by atoms with Crippen molar-refractivity contribution in [3.05, 3.63) is 70.9 Å². The van der Waals surface area contributed by atoms with Crippen molar-refractivity contribution in [3.8, 4) is 0 Å². The number of rotatable bonds is 7. The van der Waals surface area contributed by atoms with E-state index in [0.29, 0.717) is 21.6 Å². The summed E-state index contributed by atoms with van der Waals surface area (Å²) in [6.45, 7) is 0. The van der Waals surface area contributed by atoms with Gasteiger partial charge in [0.05, 0.1) is 17.5 Å². The molecule has 26 heavy (non-hydrogen) atoms. The highest BCUT2D eigenvalue weighted by Gasteiger charge is 2.25. The summed E-state index contributed by atoms with van der Waals surface area (Å²) in [6, 6.07) is 13.8. The lowest BCUT2D eigenvalue weighted by atomic mass is 10.1. The van der Waals surface area contributed by atoms with Crippen LogP contribution >= 0.6 is 11.3 Å². The Bertz CT molecular complexity index is 1020. The average Bonchev–Trinajstić information content (AvgIpc) is 2.98. The molecule has 0 bridgehead atoms. The molecule has 3 rings (SSSR count). The second-order valence-corrected chi connectivity index (χ2v) is 9.03. The van der Waals surface area contributed by atoms with Crippen LogP contribution in [-0.4, -0.2) is 30.9 Å². The highest BCUT2D eigenvalue weighted by atomic mass is 32.2. The van der Waals surface area contributed by atoms with Crippen LogP contribution in [0.5, 0.6) is 0 Å². The third-order valence-corrected chi connectivity index (χ3v) is 6.46. The number of thiophene rings is 1. The van der Waals surface area contributed by atoms with Crippen molar-refractivity contribution in [1.29, 1.82) is 0 Å². The molecule has 3 aromatic rings. The van der Waals surface area contributed by atoms with Crippen LogP contribution in [-0.2, 0) is 20.4 Å². The number of hydrogen-bond donors (Lipinski definition) is 1. The van der Waals surface area contributed by atoms with E-state index >= 15 is 0 Å². The van der Waals surface area contributed by atoms with E-state index in [1.807, 2.05) is 0 Å². The first-order valence-corrected chi connectivity index (χ1v) is 10.4. The Kier molecular flexibility index (Phi) is 5.36. The summed E-state index contributed by atoms with van der Waals surface area (Å²) < 4.78 is 39.3. The normalized spacial score (nSPS) is 12.8. The van der Waals surface area contributed by atoms with Crippen molar-refractivity contribution in [3.63, 3.8) is 0 Å². The molecule has 136 valence electrons. The highest BCUT2D eigenvalue weighted by molar-refractivity contribution is 7.90. The Balaban J connectivity index is 1.84. The molecule has 0 aliphatic heterocycles. The van der Waals surface area contributed by atoms with E-state index in [9.17, 15) is 22.8 Å². The number of hydrogen-bond acceptors (Lipinski definition) is 5. The fourth-order valence-corrected chi connectivity index (χ4v) is 5.18. The van der Waals surface area contributed by atoms with E-state index in [2.05, 4.69) is 0 Å². The van der Waals surface area contributed by atoms with Crippen LogP contribution in [0.4, 0.5) is 4.39 Å². The smallest absolute Gasteiger partial charge is 0.233 e. The maximum atomic E-state index is 13.3. The van der Waals surface area contributed by atoms with Gasteiger partial charge in [0.25, 0.3) is 0 Å². The lowest BCUT2D eigenvalue weighted by Crippen LogP contribution is -2.30. The largest absolute Gasteiger partial charge is 0.285 e. The number of carbonyl (C=O) groups excluding carboxylic acids is 1. The molecular formula is C18H16FNO4S2. The number of sulfone groups is 1. The standard InChI is InChI=1S/C18H16FNO4S2/c19-18-9-15-8-13(6-7-17(15)25-18)10-26(23,24)11-16(20(22)12-21)14-4-2-1-3-5-14/h1-9,12,16,22H,10-11H2/t16-/m1/s1. The number of fused-ring (bicyclic) bond motifs is 1. The first-order chi connectivity index (χ1) is 12.4. The number of hydroxylamine groups is 2. The van der Waals surface area contributed by atoms with Gasteiger partial charge in [-0.2, -0.15) is 4.39 Å². The Morgan fingerprint density at radius 2 is 1.88 bits per heavy atom. The fourth-order valence-electron chi connectivity index (χ4n) is 2.78. The van der Waals surface area contributed by atoms with E-state index in [4.69, 9.17) is 0 Å². The molecule has 1 aromatic heterocycles. The summed E-state index contributed by atoms with van der Waals surface area (Å²) >= 11 is 0.999. The van der Waals surface area contributed by atoms with Crippen molar-refractivity contribution in [2.45, 2.75) is 11.8 Å². The summed E-state index contributed by atoms with van der Waals surface area (Å²) in [5, 5.41) is 10.5. The molecule has 0 saturated heterocycles. The van der Waals surface area contributed by atoms with Gasteiger partial charge in [0, 0.05) is 4.70 Å². The van der Waals surface area contributed by atoms with Crippen LogP contribution in [0.25, 0.3) is 10.1 Å². The third kappa shape index (κ3) is 4.27. The van der Waals surface area contributed by atoms with Gasteiger partial charge in [-0.3, -0.25) is 10.0 Å². The molecule has 2 aromatic carbocycles. The van der Waals surface area contributed by atoms with Gasteiger partial charge in [0.1, 0.15) is 0 Å². The molecule has 0 saturated carbocycles. The molecule has 8 heteroatoms. The van der Waals surface area contributed by atoms with Gasteiger partial charge < -0.3 is 0 Å². The quantitative estimate of drug-likeness (QED) is 0.378. The zero-order valence-corrected chi connectivity index (χ0v) is 15.2. The summed E-state index contributed by atoms with van der Waals surface area (Å²) in [4.78, 5) is 11.0. The number of amides is 1. The van der Waals surface area contributed by atoms with E-state index in [-0.39, 0.29) is 17.3 Å². The van der Waals surface area contributed by atoms with Crippen LogP contribution in [0.3, 0.4) is 0 Å². The lowest BCUT2D eigenvalue weighted by Gasteiger charge is -2.22. The molecule has 1 N–H and O–H groups in total. The first-order valence-electron chi connectivity index (χ1n) is 7.74. The molecule has 0 unspecified atom stereocenters. The molecule has 1 atom stereocenters. The molecule has 1 amide bonds. The van der Waals surface area contributed by atoms with Gasteiger partial charge in [0.2, 0.25) is 6.41 Å². The van der Waals surface area contributed by atoms with E-state index in [1.54, 1.807) is 48.5 Å². The number of halogens is 1. The zero-order valence-electron chi connectivity index (χ0n) is 13.6.